The maximum absolute atomic E-state index is 10.6. The molecule has 0 amide bonds. The fourth-order valence-electron chi connectivity index (χ4n) is 15.4. The molecule has 0 aromatic carbocycles. The molecule has 0 saturated carbocycles. The fraction of sp³-hybridized carbons (Fsp3) is 0.989. The van der Waals surface area contributed by atoms with Gasteiger partial charge in [0.15, 0.2) is 0 Å². The second kappa shape index (κ2) is 88.5. The van der Waals surface area contributed by atoms with Gasteiger partial charge in [0, 0.05) is 6.42 Å². The summed E-state index contributed by atoms with van der Waals surface area (Å²) in [4.78, 5) is 10.6. The first kappa shape index (κ1) is 91.5. The van der Waals surface area contributed by atoms with Crippen molar-refractivity contribution in [3.8, 4) is 0 Å². The molecule has 0 unspecified atom stereocenters. The molecule has 0 aliphatic rings. The van der Waals surface area contributed by atoms with E-state index in [0.29, 0.717) is 6.42 Å². The van der Waals surface area contributed by atoms with Crippen molar-refractivity contribution in [2.45, 2.75) is 572 Å². The van der Waals surface area contributed by atoms with Crippen LogP contribution in [0.1, 0.15) is 572 Å². The van der Waals surface area contributed by atoms with E-state index >= 15 is 0 Å². The van der Waals surface area contributed by atoms with Crippen LogP contribution in [0, 0.1) is 0 Å². The van der Waals surface area contributed by atoms with Gasteiger partial charge in [0.25, 0.3) is 0 Å². The quantitative estimate of drug-likeness (QED) is 0.0616. The smallest absolute Gasteiger partial charge is 0.303 e. The normalized spacial score (nSPS) is 11.8. The molecule has 0 radical (unpaired) electrons. The third kappa shape index (κ3) is 89.5. The van der Waals surface area contributed by atoms with Crippen LogP contribution in [0.2, 0.25) is 0 Å². The molecule has 0 bridgehead atoms. The number of hydrogen-bond acceptors (Lipinski definition) is 1. The van der Waals surface area contributed by atoms with E-state index in [1.165, 1.54) is 546 Å². The average Bonchev–Trinajstić information content (AvgIpc) is 3.56. The summed E-state index contributed by atoms with van der Waals surface area (Å²) < 4.78 is 0. The van der Waals surface area contributed by atoms with Crippen LogP contribution in [-0.4, -0.2) is 11.1 Å². The molecular formula is C90H180O2. The lowest BCUT2D eigenvalue weighted by Crippen LogP contribution is -1.93. The van der Waals surface area contributed by atoms with Crippen molar-refractivity contribution in [2.75, 3.05) is 0 Å². The van der Waals surface area contributed by atoms with Crippen molar-refractivity contribution in [3.05, 3.63) is 0 Å². The zero-order valence-corrected chi connectivity index (χ0v) is 64.6. The minimum absolute atomic E-state index is 0.347. The Bertz CT molecular complexity index is 1240. The summed E-state index contributed by atoms with van der Waals surface area (Å²) in [5.41, 5.74) is 0. The molecule has 0 rings (SSSR count). The van der Waals surface area contributed by atoms with Gasteiger partial charge in [-0.1, -0.05) is 559 Å². The SMILES string of the molecule is CCCCCCCCCCCCCCCCCCCCCCCCCCCCCCCCCCCCCCCCCCCCCCCCCCCCCCCCCCCCCCCCCCCCCCCCCCCCCCCCCCCCCCCCCC(=O)O. The summed E-state index contributed by atoms with van der Waals surface area (Å²) in [6, 6.07) is 0. The number of aliphatic carboxylic acids is 1. The van der Waals surface area contributed by atoms with Crippen molar-refractivity contribution in [2.24, 2.45) is 0 Å². The van der Waals surface area contributed by atoms with Crippen LogP contribution >= 0.6 is 0 Å². The van der Waals surface area contributed by atoms with E-state index < -0.39 is 5.97 Å². The Balaban J connectivity index is 3.09. The Hall–Kier alpha value is -0.530. The molecular weight excluding hydrogens is 1110 g/mol. The van der Waals surface area contributed by atoms with Crippen LogP contribution in [0.3, 0.4) is 0 Å². The Kier molecular flexibility index (Phi) is 88.0. The molecule has 0 fully saturated rings. The molecule has 0 spiro atoms. The van der Waals surface area contributed by atoms with Gasteiger partial charge in [-0.2, -0.15) is 0 Å². The zero-order valence-electron chi connectivity index (χ0n) is 64.6. The lowest BCUT2D eigenvalue weighted by Gasteiger charge is -2.05. The molecule has 0 aliphatic carbocycles. The number of hydrogen-bond donors (Lipinski definition) is 1. The predicted octanol–water partition coefficient (Wildman–Crippen LogP) is 34.4. The second-order valence-electron chi connectivity index (χ2n) is 31.5. The van der Waals surface area contributed by atoms with Gasteiger partial charge in [0.05, 0.1) is 0 Å². The highest BCUT2D eigenvalue weighted by molar-refractivity contribution is 5.66. The summed E-state index contributed by atoms with van der Waals surface area (Å²) in [5.74, 6) is -0.644. The highest BCUT2D eigenvalue weighted by Crippen LogP contribution is 2.23. The van der Waals surface area contributed by atoms with Gasteiger partial charge >= 0.3 is 5.97 Å². The molecule has 0 saturated heterocycles. The minimum Gasteiger partial charge on any atom is -0.481 e. The topological polar surface area (TPSA) is 37.3 Å². The van der Waals surface area contributed by atoms with E-state index in [-0.39, 0.29) is 0 Å². The number of carbonyl (C=O) groups is 1. The van der Waals surface area contributed by atoms with Gasteiger partial charge in [-0.05, 0) is 6.42 Å². The number of carboxylic acids is 1. The second-order valence-corrected chi connectivity index (χ2v) is 31.5. The first-order chi connectivity index (χ1) is 45.8. The van der Waals surface area contributed by atoms with E-state index in [1.807, 2.05) is 0 Å². The summed E-state index contributed by atoms with van der Waals surface area (Å²) >= 11 is 0. The number of rotatable bonds is 88. The van der Waals surface area contributed by atoms with E-state index in [4.69, 9.17) is 5.11 Å². The monoisotopic (exact) mass is 1290 g/mol. The molecule has 0 atom stereocenters. The lowest BCUT2D eigenvalue weighted by atomic mass is 10.0. The molecule has 92 heavy (non-hydrogen) atoms. The van der Waals surface area contributed by atoms with Gasteiger partial charge < -0.3 is 5.11 Å². The van der Waals surface area contributed by atoms with Gasteiger partial charge in [-0.15, -0.1) is 0 Å². The molecule has 0 aromatic rings. The van der Waals surface area contributed by atoms with Crippen molar-refractivity contribution < 1.29 is 9.90 Å². The van der Waals surface area contributed by atoms with Crippen molar-refractivity contribution in [1.29, 1.82) is 0 Å². The standard InChI is InChI=1S/C90H180O2/c1-2-3-4-5-6-7-8-9-10-11-12-13-14-15-16-17-18-19-20-21-22-23-24-25-26-27-28-29-30-31-32-33-34-35-36-37-38-39-40-41-42-43-44-45-46-47-48-49-50-51-52-53-54-55-56-57-58-59-60-61-62-63-64-65-66-67-68-69-70-71-72-73-74-75-76-77-78-79-80-81-82-83-84-85-86-87-88-89-90(91)92/h2-89H2,1H3,(H,91,92). The van der Waals surface area contributed by atoms with Gasteiger partial charge in [0.1, 0.15) is 0 Å². The third-order valence-corrected chi connectivity index (χ3v) is 22.0. The van der Waals surface area contributed by atoms with Crippen molar-refractivity contribution >= 4 is 5.97 Å². The lowest BCUT2D eigenvalue weighted by molar-refractivity contribution is -0.137. The van der Waals surface area contributed by atoms with Crippen LogP contribution in [0.25, 0.3) is 0 Å². The van der Waals surface area contributed by atoms with Crippen LogP contribution in [0.4, 0.5) is 0 Å². The molecule has 0 heterocycles. The Morgan fingerprint density at radius 1 is 0.130 bits per heavy atom. The number of carboxylic acid groups (broad SMARTS) is 1. The summed E-state index contributed by atoms with van der Waals surface area (Å²) in [5, 5.41) is 8.70. The first-order valence-electron chi connectivity index (χ1n) is 45.0. The molecule has 1 N–H and O–H groups in total. The van der Waals surface area contributed by atoms with E-state index in [1.54, 1.807) is 0 Å². The van der Waals surface area contributed by atoms with Gasteiger partial charge in [-0.25, -0.2) is 0 Å². The Labute approximate surface area is 584 Å². The van der Waals surface area contributed by atoms with Crippen LogP contribution < -0.4 is 0 Å². The molecule has 0 aromatic heterocycles. The van der Waals surface area contributed by atoms with Gasteiger partial charge in [0.2, 0.25) is 0 Å². The minimum atomic E-state index is -0.644. The van der Waals surface area contributed by atoms with Crippen molar-refractivity contribution in [1.82, 2.24) is 0 Å². The highest BCUT2D eigenvalue weighted by Gasteiger charge is 2.03. The zero-order chi connectivity index (χ0) is 65.8. The summed E-state index contributed by atoms with van der Waals surface area (Å²) in [6.45, 7) is 2.32. The molecule has 2 nitrogen and oxygen atoms in total. The van der Waals surface area contributed by atoms with Gasteiger partial charge in [-0.3, -0.25) is 4.79 Å². The highest BCUT2D eigenvalue weighted by atomic mass is 16.4. The summed E-state index contributed by atoms with van der Waals surface area (Å²) in [6.07, 6.45) is 128. The van der Waals surface area contributed by atoms with Crippen LogP contribution in [0.5, 0.6) is 0 Å². The largest absolute Gasteiger partial charge is 0.481 e. The first-order valence-corrected chi connectivity index (χ1v) is 45.0. The maximum atomic E-state index is 10.6. The van der Waals surface area contributed by atoms with E-state index in [9.17, 15) is 4.79 Å². The Morgan fingerprint density at radius 3 is 0.261 bits per heavy atom. The summed E-state index contributed by atoms with van der Waals surface area (Å²) in [7, 11) is 0. The van der Waals surface area contributed by atoms with Crippen molar-refractivity contribution in [3.63, 3.8) is 0 Å². The maximum Gasteiger partial charge on any atom is 0.303 e. The third-order valence-electron chi connectivity index (χ3n) is 22.0. The predicted molar refractivity (Wildman–Crippen MR) is 420 cm³/mol. The molecule has 552 valence electrons. The molecule has 2 heteroatoms. The van der Waals surface area contributed by atoms with E-state index in [2.05, 4.69) is 6.92 Å². The fourth-order valence-corrected chi connectivity index (χ4v) is 15.4. The van der Waals surface area contributed by atoms with Crippen LogP contribution in [0.15, 0.2) is 0 Å². The number of unbranched alkanes of at least 4 members (excludes halogenated alkanes) is 86. The molecule has 0 aliphatic heterocycles. The Morgan fingerprint density at radius 2 is 0.196 bits per heavy atom. The average molecular weight is 1290 g/mol. The van der Waals surface area contributed by atoms with E-state index in [0.717, 1.165) is 12.8 Å². The van der Waals surface area contributed by atoms with Crippen LogP contribution in [-0.2, 0) is 4.79 Å².